The lowest BCUT2D eigenvalue weighted by atomic mass is 9.82. The summed E-state index contributed by atoms with van der Waals surface area (Å²) in [6.45, 7) is 6.93. The van der Waals surface area contributed by atoms with Gasteiger partial charge in [-0.3, -0.25) is 0 Å². The summed E-state index contributed by atoms with van der Waals surface area (Å²) < 4.78 is 2.41. The van der Waals surface area contributed by atoms with Crippen molar-refractivity contribution >= 4 is 38.8 Å². The van der Waals surface area contributed by atoms with Crippen molar-refractivity contribution in [2.24, 2.45) is 5.41 Å². The Morgan fingerprint density at radius 2 is 1.96 bits per heavy atom. The van der Waals surface area contributed by atoms with Crippen LogP contribution in [-0.2, 0) is 0 Å². The first-order valence-corrected chi connectivity index (χ1v) is 9.90. The van der Waals surface area contributed by atoms with Gasteiger partial charge >= 0.3 is 0 Å². The van der Waals surface area contributed by atoms with Crippen LogP contribution in [0.4, 0.5) is 17.2 Å². The van der Waals surface area contributed by atoms with Gasteiger partial charge in [-0.05, 0) is 64.9 Å². The number of nitrogens with one attached hydrogen (secondary N) is 1. The van der Waals surface area contributed by atoms with E-state index in [4.69, 9.17) is 0 Å². The molecule has 1 aliphatic rings. The van der Waals surface area contributed by atoms with Crippen molar-refractivity contribution in [1.29, 1.82) is 0 Å². The maximum atomic E-state index is 4.48. The lowest BCUT2D eigenvalue weighted by molar-refractivity contribution is 0.301. The minimum atomic E-state index is 0.483. The van der Waals surface area contributed by atoms with Crippen LogP contribution in [0.5, 0.6) is 0 Å². The second-order valence-electron chi connectivity index (χ2n) is 6.99. The molecule has 1 aromatic carbocycles. The largest absolute Gasteiger partial charge is 0.371 e. The molecule has 1 fully saturated rings. The number of anilines is 3. The van der Waals surface area contributed by atoms with E-state index >= 15 is 0 Å². The summed E-state index contributed by atoms with van der Waals surface area (Å²) >= 11 is 3.42. The molecule has 0 amide bonds. The SMILES string of the molecule is CCC1(CC)CCN(c2ccc(Nc3nc(Br)cn4ncnc34)cc2)C1. The summed E-state index contributed by atoms with van der Waals surface area (Å²) in [7, 11) is 0. The highest BCUT2D eigenvalue weighted by Crippen LogP contribution is 2.39. The van der Waals surface area contributed by atoms with Gasteiger partial charge in [-0.15, -0.1) is 0 Å². The number of aromatic nitrogens is 4. The maximum Gasteiger partial charge on any atom is 0.198 e. The number of rotatable bonds is 5. The molecule has 1 saturated heterocycles. The highest BCUT2D eigenvalue weighted by atomic mass is 79.9. The highest BCUT2D eigenvalue weighted by molar-refractivity contribution is 9.10. The van der Waals surface area contributed by atoms with Crippen molar-refractivity contribution < 1.29 is 0 Å². The van der Waals surface area contributed by atoms with Gasteiger partial charge in [-0.25, -0.2) is 14.5 Å². The third kappa shape index (κ3) is 3.16. The molecule has 1 aliphatic heterocycles. The fourth-order valence-corrected chi connectivity index (χ4v) is 4.13. The predicted octanol–water partition coefficient (Wildman–Crippen LogP) is 4.65. The molecule has 0 spiro atoms. The van der Waals surface area contributed by atoms with E-state index in [9.17, 15) is 0 Å². The molecule has 0 saturated carbocycles. The summed E-state index contributed by atoms with van der Waals surface area (Å²) in [6.07, 6.45) is 7.11. The number of hydrogen-bond acceptors (Lipinski definition) is 5. The molecule has 1 N–H and O–H groups in total. The number of hydrogen-bond donors (Lipinski definition) is 1. The van der Waals surface area contributed by atoms with Crippen LogP contribution in [0.1, 0.15) is 33.1 Å². The minimum absolute atomic E-state index is 0.483. The number of nitrogens with zero attached hydrogens (tertiary/aromatic N) is 5. The topological polar surface area (TPSA) is 58.4 Å². The van der Waals surface area contributed by atoms with Crippen molar-refractivity contribution in [2.75, 3.05) is 23.3 Å². The van der Waals surface area contributed by atoms with Gasteiger partial charge in [0, 0.05) is 24.5 Å². The molecule has 3 heterocycles. The Balaban J connectivity index is 1.52. The fourth-order valence-electron chi connectivity index (χ4n) is 3.76. The van der Waals surface area contributed by atoms with Crippen molar-refractivity contribution in [3.8, 4) is 0 Å². The number of halogens is 1. The van der Waals surface area contributed by atoms with E-state index in [2.05, 4.69) is 79.3 Å². The average Bonchev–Trinajstić information content (AvgIpc) is 3.30. The van der Waals surface area contributed by atoms with Crippen LogP contribution in [0.2, 0.25) is 0 Å². The zero-order chi connectivity index (χ0) is 18.1. The van der Waals surface area contributed by atoms with Crippen molar-refractivity contribution in [1.82, 2.24) is 19.6 Å². The van der Waals surface area contributed by atoms with Crippen LogP contribution >= 0.6 is 15.9 Å². The summed E-state index contributed by atoms with van der Waals surface area (Å²) in [5.74, 6) is 0.682. The van der Waals surface area contributed by atoms with Gasteiger partial charge in [-0.2, -0.15) is 5.10 Å². The van der Waals surface area contributed by atoms with Gasteiger partial charge in [0.15, 0.2) is 11.5 Å². The lowest BCUT2D eigenvalue weighted by Crippen LogP contribution is -2.26. The summed E-state index contributed by atoms with van der Waals surface area (Å²) in [4.78, 5) is 11.3. The van der Waals surface area contributed by atoms with Gasteiger partial charge in [-0.1, -0.05) is 13.8 Å². The van der Waals surface area contributed by atoms with Crippen molar-refractivity contribution in [3.05, 3.63) is 41.4 Å². The predicted molar refractivity (Wildman–Crippen MR) is 108 cm³/mol. The van der Waals surface area contributed by atoms with Gasteiger partial charge in [0.2, 0.25) is 0 Å². The molecule has 0 aliphatic carbocycles. The molecule has 7 heteroatoms. The maximum absolute atomic E-state index is 4.48. The standard InChI is InChI=1S/C19H23BrN6/c1-3-19(4-2)9-10-25(12-19)15-7-5-14(6-8-15)23-17-18-21-13-22-26(18)11-16(20)24-17/h5-8,11,13H,3-4,9-10,12H2,1-2H3,(H,23,24). The summed E-state index contributed by atoms with van der Waals surface area (Å²) in [5, 5.41) is 7.51. The van der Waals surface area contributed by atoms with E-state index in [1.807, 2.05) is 0 Å². The normalized spacial score (nSPS) is 16.3. The molecule has 0 unspecified atom stereocenters. The van der Waals surface area contributed by atoms with E-state index in [1.54, 1.807) is 10.7 Å². The molecular weight excluding hydrogens is 392 g/mol. The summed E-state index contributed by atoms with van der Waals surface area (Å²) in [5.41, 5.74) is 3.46. The second-order valence-corrected chi connectivity index (χ2v) is 7.80. The zero-order valence-corrected chi connectivity index (χ0v) is 16.7. The zero-order valence-electron chi connectivity index (χ0n) is 15.1. The molecule has 2 aromatic heterocycles. The molecule has 0 bridgehead atoms. The minimum Gasteiger partial charge on any atom is -0.371 e. The van der Waals surface area contributed by atoms with E-state index < -0.39 is 0 Å². The third-order valence-corrected chi connectivity index (χ3v) is 6.05. The monoisotopic (exact) mass is 414 g/mol. The Morgan fingerprint density at radius 1 is 1.19 bits per heavy atom. The summed E-state index contributed by atoms with van der Waals surface area (Å²) in [6, 6.07) is 8.57. The van der Waals surface area contributed by atoms with Crippen molar-refractivity contribution in [3.63, 3.8) is 0 Å². The molecule has 3 aromatic rings. The first-order chi connectivity index (χ1) is 12.6. The Morgan fingerprint density at radius 3 is 2.65 bits per heavy atom. The van der Waals surface area contributed by atoms with E-state index in [0.717, 1.165) is 18.8 Å². The van der Waals surface area contributed by atoms with Crippen LogP contribution < -0.4 is 10.2 Å². The molecule has 6 nitrogen and oxygen atoms in total. The Kier molecular flexibility index (Phi) is 4.56. The number of fused-ring (bicyclic) bond motifs is 1. The van der Waals surface area contributed by atoms with Crippen LogP contribution in [-0.4, -0.2) is 32.7 Å². The Labute approximate surface area is 161 Å². The van der Waals surface area contributed by atoms with Gasteiger partial charge in [0.05, 0.1) is 6.20 Å². The second kappa shape index (κ2) is 6.87. The highest BCUT2D eigenvalue weighted by Gasteiger charge is 2.34. The van der Waals surface area contributed by atoms with Crippen LogP contribution in [0.25, 0.3) is 5.65 Å². The average molecular weight is 415 g/mol. The molecular formula is C19H23BrN6. The molecule has 136 valence electrons. The lowest BCUT2D eigenvalue weighted by Gasteiger charge is -2.27. The molecule has 0 radical (unpaired) electrons. The van der Waals surface area contributed by atoms with Gasteiger partial charge < -0.3 is 10.2 Å². The molecule has 26 heavy (non-hydrogen) atoms. The third-order valence-electron chi connectivity index (χ3n) is 5.67. The van der Waals surface area contributed by atoms with Gasteiger partial charge in [0.1, 0.15) is 10.9 Å². The molecule has 0 atom stereocenters. The fraction of sp³-hybridized carbons (Fsp3) is 0.421. The Bertz CT molecular complexity index is 900. The van der Waals surface area contributed by atoms with Crippen LogP contribution in [0, 0.1) is 5.41 Å². The van der Waals surface area contributed by atoms with E-state index in [-0.39, 0.29) is 0 Å². The van der Waals surface area contributed by atoms with E-state index in [1.165, 1.54) is 31.3 Å². The molecule has 4 rings (SSSR count). The van der Waals surface area contributed by atoms with Crippen LogP contribution in [0.15, 0.2) is 41.4 Å². The van der Waals surface area contributed by atoms with Gasteiger partial charge in [0.25, 0.3) is 0 Å². The quantitative estimate of drug-likeness (QED) is 0.658. The first kappa shape index (κ1) is 17.3. The first-order valence-electron chi connectivity index (χ1n) is 9.10. The Hall–Kier alpha value is -2.15. The number of benzene rings is 1. The van der Waals surface area contributed by atoms with E-state index in [0.29, 0.717) is 21.5 Å². The smallest absolute Gasteiger partial charge is 0.198 e. The van der Waals surface area contributed by atoms with Crippen LogP contribution in [0.3, 0.4) is 0 Å². The van der Waals surface area contributed by atoms with Crippen molar-refractivity contribution in [2.45, 2.75) is 33.1 Å².